The van der Waals surface area contributed by atoms with Crippen molar-refractivity contribution in [3.05, 3.63) is 48.3 Å². The molecular weight excluding hydrogens is 418 g/mol. The van der Waals surface area contributed by atoms with E-state index in [9.17, 15) is 4.79 Å². The van der Waals surface area contributed by atoms with Crippen LogP contribution in [0.4, 0.5) is 0 Å². The maximum atomic E-state index is 12.5. The van der Waals surface area contributed by atoms with Crippen molar-refractivity contribution in [1.29, 1.82) is 0 Å². The summed E-state index contributed by atoms with van der Waals surface area (Å²) >= 11 is 0. The first kappa shape index (κ1) is 21.2. The fraction of sp³-hybridized carbons (Fsp3) is 0.360. The summed E-state index contributed by atoms with van der Waals surface area (Å²) in [5.74, 6) is 1.99. The van der Waals surface area contributed by atoms with Crippen molar-refractivity contribution >= 4 is 16.9 Å². The van der Waals surface area contributed by atoms with Gasteiger partial charge in [0.1, 0.15) is 5.75 Å². The van der Waals surface area contributed by atoms with Crippen LogP contribution in [0.25, 0.3) is 33.9 Å². The molecule has 0 aliphatic carbocycles. The number of amides is 1. The van der Waals surface area contributed by atoms with E-state index in [0.29, 0.717) is 24.7 Å². The van der Waals surface area contributed by atoms with Crippen LogP contribution >= 0.6 is 0 Å². The number of nitrogens with zero attached hydrogens (tertiary/aromatic N) is 5. The fourth-order valence-corrected chi connectivity index (χ4v) is 4.35. The van der Waals surface area contributed by atoms with Gasteiger partial charge in [-0.15, -0.1) is 0 Å². The number of imidazole rings is 1. The van der Waals surface area contributed by atoms with Crippen LogP contribution in [-0.4, -0.2) is 50.7 Å². The van der Waals surface area contributed by atoms with E-state index in [1.807, 2.05) is 52.8 Å². The third-order valence-corrected chi connectivity index (χ3v) is 6.24. The number of ether oxygens (including phenoxy) is 1. The number of carbonyl (C=O) groups is 1. The van der Waals surface area contributed by atoms with Gasteiger partial charge in [0.15, 0.2) is 0 Å². The summed E-state index contributed by atoms with van der Waals surface area (Å²) in [4.78, 5) is 23.6. The SMILES string of the molecule is COc1ccc(-c2nc(-c3ccc4c(c3)ncn4CCC(=O)N3CCCCC3)no2)c(C)c1. The number of rotatable bonds is 6. The van der Waals surface area contributed by atoms with E-state index in [1.165, 1.54) is 6.42 Å². The quantitative estimate of drug-likeness (QED) is 0.435. The van der Waals surface area contributed by atoms with Crippen LogP contribution in [0, 0.1) is 6.92 Å². The van der Waals surface area contributed by atoms with Crippen molar-refractivity contribution in [3.8, 4) is 28.6 Å². The third-order valence-electron chi connectivity index (χ3n) is 6.24. The molecule has 0 N–H and O–H groups in total. The highest BCUT2D eigenvalue weighted by Crippen LogP contribution is 2.28. The summed E-state index contributed by atoms with van der Waals surface area (Å²) in [6, 6.07) is 11.6. The highest BCUT2D eigenvalue weighted by Gasteiger charge is 2.17. The minimum Gasteiger partial charge on any atom is -0.497 e. The number of hydrogen-bond acceptors (Lipinski definition) is 6. The highest BCUT2D eigenvalue weighted by atomic mass is 16.5. The zero-order valence-corrected chi connectivity index (χ0v) is 19.0. The van der Waals surface area contributed by atoms with E-state index in [4.69, 9.17) is 9.26 Å². The van der Waals surface area contributed by atoms with Crippen LogP contribution in [-0.2, 0) is 11.3 Å². The van der Waals surface area contributed by atoms with Crippen LogP contribution in [0.3, 0.4) is 0 Å². The van der Waals surface area contributed by atoms with Gasteiger partial charge in [0, 0.05) is 37.2 Å². The largest absolute Gasteiger partial charge is 0.497 e. The molecule has 0 saturated carbocycles. The summed E-state index contributed by atoms with van der Waals surface area (Å²) in [5, 5.41) is 4.17. The van der Waals surface area contributed by atoms with Crippen LogP contribution < -0.4 is 4.74 Å². The molecule has 2 aromatic carbocycles. The van der Waals surface area contributed by atoms with Gasteiger partial charge in [0.25, 0.3) is 5.89 Å². The maximum Gasteiger partial charge on any atom is 0.258 e. The van der Waals surface area contributed by atoms with E-state index in [1.54, 1.807) is 13.4 Å². The number of aromatic nitrogens is 4. The molecule has 33 heavy (non-hydrogen) atoms. The molecule has 170 valence electrons. The van der Waals surface area contributed by atoms with E-state index >= 15 is 0 Å². The molecule has 1 aliphatic heterocycles. The van der Waals surface area contributed by atoms with Crippen LogP contribution in [0.2, 0.25) is 0 Å². The van der Waals surface area contributed by atoms with E-state index < -0.39 is 0 Å². The lowest BCUT2D eigenvalue weighted by Gasteiger charge is -2.26. The number of piperidine rings is 1. The molecule has 0 atom stereocenters. The standard InChI is InChI=1S/C25H27N5O3/c1-17-14-19(32-2)7-8-20(17)25-27-24(28-33-25)18-6-9-22-21(15-18)26-16-30(22)13-10-23(31)29-11-4-3-5-12-29/h6-9,14-16H,3-5,10-13H2,1-2H3. The molecule has 8 heteroatoms. The van der Waals surface area contributed by atoms with Gasteiger partial charge in [0.05, 0.1) is 24.5 Å². The lowest BCUT2D eigenvalue weighted by Crippen LogP contribution is -2.35. The monoisotopic (exact) mass is 445 g/mol. The fourth-order valence-electron chi connectivity index (χ4n) is 4.35. The number of benzene rings is 2. The molecule has 1 aliphatic rings. The summed E-state index contributed by atoms with van der Waals surface area (Å²) in [6.45, 7) is 4.37. The second kappa shape index (κ2) is 9.05. The molecule has 0 spiro atoms. The number of aryl methyl sites for hydroxylation is 2. The smallest absolute Gasteiger partial charge is 0.258 e. The molecule has 2 aromatic heterocycles. The molecule has 0 radical (unpaired) electrons. The number of hydrogen-bond donors (Lipinski definition) is 0. The van der Waals surface area contributed by atoms with Crippen LogP contribution in [0.1, 0.15) is 31.2 Å². The molecule has 8 nitrogen and oxygen atoms in total. The normalized spacial score (nSPS) is 14.1. The molecule has 0 unspecified atom stereocenters. The average molecular weight is 446 g/mol. The highest BCUT2D eigenvalue weighted by molar-refractivity contribution is 5.81. The molecule has 1 amide bonds. The molecule has 1 fully saturated rings. The summed E-state index contributed by atoms with van der Waals surface area (Å²) in [5.41, 5.74) is 4.53. The average Bonchev–Trinajstić information content (AvgIpc) is 3.50. The van der Waals surface area contributed by atoms with Gasteiger partial charge in [-0.3, -0.25) is 4.79 Å². The zero-order chi connectivity index (χ0) is 22.8. The van der Waals surface area contributed by atoms with Gasteiger partial charge in [-0.1, -0.05) is 5.16 Å². The molecule has 5 rings (SSSR count). The first-order valence-electron chi connectivity index (χ1n) is 11.3. The van der Waals surface area contributed by atoms with Crippen LogP contribution in [0.5, 0.6) is 5.75 Å². The zero-order valence-electron chi connectivity index (χ0n) is 19.0. The number of methoxy groups -OCH3 is 1. The predicted octanol–water partition coefficient (Wildman–Crippen LogP) is 4.47. The Labute approximate surface area is 192 Å². The number of likely N-dealkylation sites (tertiary alicyclic amines) is 1. The Bertz CT molecular complexity index is 1290. The minimum absolute atomic E-state index is 0.223. The van der Waals surface area contributed by atoms with E-state index in [0.717, 1.165) is 59.4 Å². The lowest BCUT2D eigenvalue weighted by atomic mass is 10.1. The lowest BCUT2D eigenvalue weighted by molar-refractivity contribution is -0.132. The Kier molecular flexibility index (Phi) is 5.81. The summed E-state index contributed by atoms with van der Waals surface area (Å²) < 4.78 is 12.8. The number of carbonyl (C=O) groups excluding carboxylic acids is 1. The Morgan fingerprint density at radius 2 is 1.97 bits per heavy atom. The molecular formula is C25H27N5O3. The van der Waals surface area contributed by atoms with Gasteiger partial charge in [-0.25, -0.2) is 4.98 Å². The van der Waals surface area contributed by atoms with E-state index in [2.05, 4.69) is 15.1 Å². The summed E-state index contributed by atoms with van der Waals surface area (Å²) in [7, 11) is 1.64. The van der Waals surface area contributed by atoms with Gasteiger partial charge in [-0.2, -0.15) is 4.98 Å². The van der Waals surface area contributed by atoms with Crippen molar-refractivity contribution in [2.75, 3.05) is 20.2 Å². The van der Waals surface area contributed by atoms with Gasteiger partial charge in [-0.05, 0) is 68.1 Å². The minimum atomic E-state index is 0.223. The van der Waals surface area contributed by atoms with Crippen molar-refractivity contribution in [2.45, 2.75) is 39.2 Å². The van der Waals surface area contributed by atoms with E-state index in [-0.39, 0.29) is 5.91 Å². The Morgan fingerprint density at radius 1 is 1.12 bits per heavy atom. The summed E-state index contributed by atoms with van der Waals surface area (Å²) in [6.07, 6.45) is 5.72. The van der Waals surface area contributed by atoms with Gasteiger partial charge < -0.3 is 18.7 Å². The van der Waals surface area contributed by atoms with Crippen molar-refractivity contribution in [3.63, 3.8) is 0 Å². The molecule has 0 bridgehead atoms. The van der Waals surface area contributed by atoms with Crippen LogP contribution in [0.15, 0.2) is 47.2 Å². The molecule has 4 aromatic rings. The van der Waals surface area contributed by atoms with Crippen molar-refractivity contribution in [1.82, 2.24) is 24.6 Å². The second-order valence-electron chi connectivity index (χ2n) is 8.44. The Balaban J connectivity index is 1.32. The second-order valence-corrected chi connectivity index (χ2v) is 8.44. The topological polar surface area (TPSA) is 86.3 Å². The third kappa shape index (κ3) is 4.33. The Morgan fingerprint density at radius 3 is 2.76 bits per heavy atom. The first-order chi connectivity index (χ1) is 16.1. The predicted molar refractivity (Wildman–Crippen MR) is 125 cm³/mol. The Hall–Kier alpha value is -3.68. The van der Waals surface area contributed by atoms with Crippen molar-refractivity contribution in [2.24, 2.45) is 0 Å². The maximum absolute atomic E-state index is 12.5. The molecule has 1 saturated heterocycles. The van der Waals surface area contributed by atoms with Gasteiger partial charge in [0.2, 0.25) is 11.7 Å². The van der Waals surface area contributed by atoms with Crippen molar-refractivity contribution < 1.29 is 14.1 Å². The number of fused-ring (bicyclic) bond motifs is 1. The van der Waals surface area contributed by atoms with Gasteiger partial charge >= 0.3 is 0 Å². The first-order valence-corrected chi connectivity index (χ1v) is 11.3. The molecule has 3 heterocycles.